The molecular formula is C33H44FN3O2S. The number of H-pyrrole nitrogens is 1. The molecule has 7 heteroatoms. The van der Waals surface area contributed by atoms with Gasteiger partial charge in [-0.1, -0.05) is 36.8 Å². The van der Waals surface area contributed by atoms with Crippen LogP contribution in [0.2, 0.25) is 0 Å². The molecule has 2 heterocycles. The van der Waals surface area contributed by atoms with E-state index in [1.807, 2.05) is 25.3 Å². The number of nitrogens with zero attached hydrogens (tertiary/aromatic N) is 1. The average molecular weight is 566 g/mol. The van der Waals surface area contributed by atoms with Gasteiger partial charge < -0.3 is 10.3 Å². The van der Waals surface area contributed by atoms with Crippen molar-refractivity contribution in [1.82, 2.24) is 15.2 Å². The summed E-state index contributed by atoms with van der Waals surface area (Å²) in [6.45, 7) is 7.88. The molecule has 5 rings (SSSR count). The van der Waals surface area contributed by atoms with E-state index in [1.54, 1.807) is 0 Å². The summed E-state index contributed by atoms with van der Waals surface area (Å²) in [4.78, 5) is 32.4. The van der Waals surface area contributed by atoms with E-state index in [0.29, 0.717) is 36.5 Å². The number of aromatic amines is 1. The van der Waals surface area contributed by atoms with Gasteiger partial charge in [-0.3, -0.25) is 14.5 Å². The largest absolute Gasteiger partial charge is 0.348 e. The van der Waals surface area contributed by atoms with Crippen LogP contribution < -0.4 is 10.9 Å². The Labute approximate surface area is 242 Å². The quantitative estimate of drug-likeness (QED) is 0.351. The molecular weight excluding hydrogens is 521 g/mol. The maximum atomic E-state index is 13.7. The number of fused-ring (bicyclic) bond motifs is 1. The molecule has 3 aliphatic rings. The minimum absolute atomic E-state index is 0.102. The number of rotatable bonds is 9. The van der Waals surface area contributed by atoms with Gasteiger partial charge in [-0.05, 0) is 100.0 Å². The standard InChI is InChI=1S/C33H44FN3O2S/c1-20(23-11-13-27(14-12-23)37-18-26(34)19-37)9-10-24-16-25-7-5-6-8-28(25)31(22(24)3)33(39)35-17-29-30(40-4)15-21(2)36-32(29)38/h5-8,15,20,23-24,26-27H,9-14,16-19H2,1-4H3,(H,35,39)(H,36,38)/t20-,23?,24?,27?/m0/s1. The number of hydrogen-bond acceptors (Lipinski definition) is 4. The van der Waals surface area contributed by atoms with Crippen LogP contribution in [0.5, 0.6) is 0 Å². The average Bonchev–Trinajstić information content (AvgIpc) is 2.93. The van der Waals surface area contributed by atoms with Crippen LogP contribution in [0.4, 0.5) is 4.39 Å². The highest BCUT2D eigenvalue weighted by Crippen LogP contribution is 2.40. The fourth-order valence-electron chi connectivity index (χ4n) is 7.18. The van der Waals surface area contributed by atoms with E-state index in [4.69, 9.17) is 0 Å². The molecule has 1 aliphatic heterocycles. The number of aryl methyl sites for hydroxylation is 1. The van der Waals surface area contributed by atoms with E-state index >= 15 is 0 Å². The van der Waals surface area contributed by atoms with Gasteiger partial charge in [-0.15, -0.1) is 11.8 Å². The highest BCUT2D eigenvalue weighted by Gasteiger charge is 2.36. The Morgan fingerprint density at radius 2 is 1.90 bits per heavy atom. The van der Waals surface area contributed by atoms with Gasteiger partial charge in [0, 0.05) is 47.4 Å². The molecule has 40 heavy (non-hydrogen) atoms. The van der Waals surface area contributed by atoms with E-state index in [0.717, 1.165) is 52.5 Å². The van der Waals surface area contributed by atoms with Crippen molar-refractivity contribution >= 4 is 23.2 Å². The molecule has 5 nitrogen and oxygen atoms in total. The number of aromatic nitrogens is 1. The number of amides is 1. The van der Waals surface area contributed by atoms with Crippen LogP contribution >= 0.6 is 11.8 Å². The lowest BCUT2D eigenvalue weighted by molar-refractivity contribution is -0.115. The predicted octanol–water partition coefficient (Wildman–Crippen LogP) is 6.30. The monoisotopic (exact) mass is 565 g/mol. The summed E-state index contributed by atoms with van der Waals surface area (Å²) in [6, 6.07) is 10.8. The number of hydrogen-bond donors (Lipinski definition) is 2. The van der Waals surface area contributed by atoms with E-state index < -0.39 is 6.17 Å². The molecule has 216 valence electrons. The van der Waals surface area contributed by atoms with Crippen LogP contribution in [0.1, 0.15) is 74.8 Å². The Bertz CT molecular complexity index is 1310. The molecule has 1 amide bonds. The summed E-state index contributed by atoms with van der Waals surface area (Å²) < 4.78 is 13.3. The van der Waals surface area contributed by atoms with Gasteiger partial charge in [0.25, 0.3) is 11.5 Å². The minimum Gasteiger partial charge on any atom is -0.348 e. The second kappa shape index (κ2) is 12.6. The number of likely N-dealkylation sites (tertiary alicyclic amines) is 1. The molecule has 0 spiro atoms. The Balaban J connectivity index is 1.24. The van der Waals surface area contributed by atoms with Crippen molar-refractivity contribution in [3.63, 3.8) is 0 Å². The number of carbonyl (C=O) groups is 1. The predicted molar refractivity (Wildman–Crippen MR) is 162 cm³/mol. The molecule has 1 unspecified atom stereocenters. The maximum absolute atomic E-state index is 13.7. The Morgan fingerprint density at radius 3 is 2.60 bits per heavy atom. The number of alkyl halides is 1. The van der Waals surface area contributed by atoms with Crippen LogP contribution in [0, 0.1) is 24.7 Å². The summed E-state index contributed by atoms with van der Waals surface area (Å²) in [7, 11) is 0. The summed E-state index contributed by atoms with van der Waals surface area (Å²) >= 11 is 1.53. The number of halogens is 1. The molecule has 1 aromatic carbocycles. The Hall–Kier alpha value is -2.38. The van der Waals surface area contributed by atoms with Crippen molar-refractivity contribution in [2.24, 2.45) is 17.8 Å². The number of carbonyl (C=O) groups excluding carboxylic acids is 1. The third-order valence-corrected chi connectivity index (χ3v) is 10.6. The fourth-order valence-corrected chi connectivity index (χ4v) is 7.89. The lowest BCUT2D eigenvalue weighted by Crippen LogP contribution is -2.54. The first-order valence-electron chi connectivity index (χ1n) is 15.0. The minimum atomic E-state index is -0.612. The lowest BCUT2D eigenvalue weighted by Gasteiger charge is -2.44. The number of pyridine rings is 1. The first-order chi connectivity index (χ1) is 19.2. The third-order valence-electron chi connectivity index (χ3n) is 9.76. The van der Waals surface area contributed by atoms with Crippen LogP contribution in [0.3, 0.4) is 0 Å². The van der Waals surface area contributed by atoms with Gasteiger partial charge in [-0.2, -0.15) is 0 Å². The first-order valence-corrected chi connectivity index (χ1v) is 16.2. The highest BCUT2D eigenvalue weighted by molar-refractivity contribution is 7.98. The van der Waals surface area contributed by atoms with Crippen molar-refractivity contribution in [3.8, 4) is 0 Å². The van der Waals surface area contributed by atoms with Crippen molar-refractivity contribution in [2.45, 2.75) is 89.4 Å². The summed E-state index contributed by atoms with van der Waals surface area (Å²) in [6.07, 6.45) is 9.41. The zero-order valence-electron chi connectivity index (χ0n) is 24.4. The molecule has 1 saturated heterocycles. The van der Waals surface area contributed by atoms with Crippen LogP contribution in [0.25, 0.3) is 5.57 Å². The van der Waals surface area contributed by atoms with Crippen molar-refractivity contribution in [1.29, 1.82) is 0 Å². The van der Waals surface area contributed by atoms with Gasteiger partial charge in [-0.25, -0.2) is 4.39 Å². The van der Waals surface area contributed by atoms with E-state index in [1.165, 1.54) is 43.0 Å². The number of thioether (sulfide) groups is 1. The maximum Gasteiger partial charge on any atom is 0.254 e. The normalized spacial score (nSPS) is 24.4. The fraction of sp³-hybridized carbons (Fsp3) is 0.576. The van der Waals surface area contributed by atoms with Crippen LogP contribution in [-0.4, -0.2) is 47.3 Å². The van der Waals surface area contributed by atoms with Crippen molar-refractivity contribution in [3.05, 3.63) is 68.6 Å². The smallest absolute Gasteiger partial charge is 0.254 e. The molecule has 2 N–H and O–H groups in total. The van der Waals surface area contributed by atoms with Gasteiger partial charge in [0.2, 0.25) is 0 Å². The molecule has 1 aromatic heterocycles. The third kappa shape index (κ3) is 6.25. The molecule has 0 radical (unpaired) electrons. The summed E-state index contributed by atoms with van der Waals surface area (Å²) in [5, 5.41) is 3.08. The summed E-state index contributed by atoms with van der Waals surface area (Å²) in [5.41, 5.74) is 5.47. The Kier molecular flexibility index (Phi) is 9.21. The van der Waals surface area contributed by atoms with Crippen LogP contribution in [0.15, 0.2) is 45.6 Å². The van der Waals surface area contributed by atoms with E-state index in [9.17, 15) is 14.0 Å². The van der Waals surface area contributed by atoms with Crippen molar-refractivity contribution < 1.29 is 9.18 Å². The number of allylic oxidation sites excluding steroid dienone is 1. The second-order valence-corrected chi connectivity index (χ2v) is 13.1. The van der Waals surface area contributed by atoms with E-state index in [2.05, 4.69) is 47.2 Å². The second-order valence-electron chi connectivity index (χ2n) is 12.3. The SMILES string of the molecule is CSc1cc(C)[nH]c(=O)c1CNC(=O)C1=C(C)C(CC[C@H](C)C2CCC(N3CC(F)C3)CC2)Cc2ccccc21. The summed E-state index contributed by atoms with van der Waals surface area (Å²) in [5.74, 6) is 1.61. The zero-order valence-corrected chi connectivity index (χ0v) is 25.2. The molecule has 2 fully saturated rings. The number of benzene rings is 1. The molecule has 0 bridgehead atoms. The molecule has 2 aromatic rings. The molecule has 2 atom stereocenters. The first kappa shape index (κ1) is 29.1. The highest BCUT2D eigenvalue weighted by atomic mass is 32.2. The number of nitrogens with one attached hydrogen (secondary N) is 2. The zero-order chi connectivity index (χ0) is 28.4. The lowest BCUT2D eigenvalue weighted by atomic mass is 9.73. The van der Waals surface area contributed by atoms with Gasteiger partial charge in [0.1, 0.15) is 6.17 Å². The van der Waals surface area contributed by atoms with Crippen LogP contribution in [-0.2, 0) is 17.8 Å². The van der Waals surface area contributed by atoms with Gasteiger partial charge in [0.05, 0.1) is 0 Å². The Morgan fingerprint density at radius 1 is 1.18 bits per heavy atom. The molecule has 2 aliphatic carbocycles. The van der Waals surface area contributed by atoms with Gasteiger partial charge in [0.15, 0.2) is 0 Å². The topological polar surface area (TPSA) is 65.2 Å². The van der Waals surface area contributed by atoms with Gasteiger partial charge >= 0.3 is 0 Å². The van der Waals surface area contributed by atoms with Crippen molar-refractivity contribution in [2.75, 3.05) is 19.3 Å². The van der Waals surface area contributed by atoms with E-state index in [-0.39, 0.29) is 18.0 Å². The molecule has 1 saturated carbocycles.